The standard InChI is InChI=1S/C52H68N14O11.C47H86N8O18/c1-29(68)42(28-67)65-50(76)43-17-10-22-66(43)51(77)41-26-44(70)56-21-18-37(59-30(2)69)46(72)63-40(25-33-13-8-19-55-33)49(75)61-38(23-31-11-4-3-5-12-31)47(73)60-36(16-9-20-57-52(53)54)45(71)62-39(48(74)64-41)24-32-27-58-35-15-7-6-14-34(32)35;1-48-35(30-56)45(69)54-37(32-58)46(70)51-34(18-16-17-23-55(28-41(63)64)29-42(65)66)44(68)53-38(33-59)47(71)52-36(31-57)43(67)50-22-25-73-27-26-72-24-21-49-39(60)19-14-12-10-8-6-4-2-3-5-7-9-11-13-15-20-40(61)62/h3-7,11-15,19,27,36-43,58,67H,8-10,16-18,20-26,28H2,1-2H3,(H,56,70)(H,59,69)(H,60,73)(H,61,75)(H,62,71)(H,63,72)(H,64,74)(H,65,76)(H4,53,54,57);34-38,48,56-59H,2-33H2,1H3,(H,49,60)(H,50,67)(H,51,70)(H,52,71)(H,53,68)(H,54,69)(H,61,62)(H,63,64)(H,65,66)/t36-,37-,38+,39-,40-,41-,42-,43-;34-,35-,36-,37-,38-/m00/s1. The minimum absolute atomic E-state index is 0.00622. The van der Waals surface area contributed by atoms with Crippen molar-refractivity contribution < 1.29 is 141 Å². The van der Waals surface area contributed by atoms with Gasteiger partial charge in [-0.05, 0) is 102 Å². The van der Waals surface area contributed by atoms with Crippen molar-refractivity contribution in [3.05, 3.63) is 83.7 Å². The molecule has 6 rings (SSSR count). The molecule has 2 saturated heterocycles. The van der Waals surface area contributed by atoms with Crippen molar-refractivity contribution >= 4 is 135 Å². The largest absolute Gasteiger partial charge is 0.481 e. The molecule has 0 spiro atoms. The Kier molecular flexibility index (Phi) is 60.9. The lowest BCUT2D eigenvalue weighted by atomic mass is 10.0. The van der Waals surface area contributed by atoms with Crippen molar-refractivity contribution in [1.29, 1.82) is 0 Å². The third-order valence-electron chi connectivity index (χ3n) is 24.7. The number of aliphatic carboxylic acids is 3. The molecule has 0 radical (unpaired) electrons. The number of hydrogen-bond donors (Lipinski definition) is 26. The lowest BCUT2D eigenvalue weighted by Crippen LogP contribution is -2.61. The van der Waals surface area contributed by atoms with E-state index in [4.69, 9.17) is 36.3 Å². The Labute approximate surface area is 870 Å². The maximum absolute atomic E-state index is 14.9. The number of guanidine groups is 1. The van der Waals surface area contributed by atoms with Gasteiger partial charge >= 0.3 is 17.9 Å². The van der Waals surface area contributed by atoms with Gasteiger partial charge in [-0.1, -0.05) is 132 Å². The maximum Gasteiger partial charge on any atom is 0.317 e. The molecule has 3 aliphatic rings. The molecule has 0 aliphatic carbocycles. The molecule has 2 aromatic carbocycles. The van der Waals surface area contributed by atoms with Gasteiger partial charge in [-0.25, -0.2) is 0 Å². The molecular weight excluding hydrogens is 1960 g/mol. The minimum Gasteiger partial charge on any atom is -0.481 e. The number of nitrogens with one attached hydrogen (secondary N) is 16. The highest BCUT2D eigenvalue weighted by atomic mass is 16.5. The van der Waals surface area contributed by atoms with Gasteiger partial charge in [0.1, 0.15) is 78.5 Å². The normalized spacial score (nSPS) is 18.4. The van der Waals surface area contributed by atoms with Gasteiger partial charge in [-0.3, -0.25) is 106 Å². The number of aliphatic hydroxyl groups excluding tert-OH is 5. The SMILES string of the molecule is CC(=O)N[C@H]1CCNC(=O)C[C@@H](C(=O)N2CCC[C@H]2C(=O)N[C@@H](CO)C(C)=O)NC(=O)[C@H](Cc2c[nH]c3ccccc23)NC(=O)[C@H](CCCN=C(N)N)NC(=O)[C@@H](Cc2ccccc2)NC(=O)[C@H](CC2=CCC=N2)NC1=O.CN[C@@H](CO)C(=O)N[C@@H](CO)C(=O)N[C@@H](CCCCN(CC(=O)O)CC(=O)O)C(=O)N[C@@H](CO)C(=O)N[C@@H](CO)C(=O)NCCOCCOCCNC(=O)CCCCCCCCCCCCCCCCC(=O)O. The Morgan fingerprint density at radius 3 is 1.58 bits per heavy atom. The van der Waals surface area contributed by atoms with Crippen LogP contribution in [0.5, 0.6) is 0 Å². The molecule has 834 valence electrons. The van der Waals surface area contributed by atoms with E-state index in [2.05, 4.69) is 94.7 Å². The third-order valence-corrected chi connectivity index (χ3v) is 24.7. The summed E-state index contributed by atoms with van der Waals surface area (Å²) in [5, 5.41) is 115. The van der Waals surface area contributed by atoms with Gasteiger partial charge in [0, 0.05) is 107 Å². The van der Waals surface area contributed by atoms with Crippen molar-refractivity contribution in [2.45, 2.75) is 279 Å². The maximum atomic E-state index is 14.9. The van der Waals surface area contributed by atoms with Crippen LogP contribution in [0.2, 0.25) is 0 Å². The molecule has 15 amide bonds. The summed E-state index contributed by atoms with van der Waals surface area (Å²) in [4.78, 5) is 264. The molecule has 3 aromatic rings. The van der Waals surface area contributed by atoms with Crippen LogP contribution in [0.4, 0.5) is 0 Å². The number of aliphatic hydroxyl groups is 5. The second-order valence-corrected chi connectivity index (χ2v) is 36.6. The summed E-state index contributed by atoms with van der Waals surface area (Å²) in [5.74, 6) is -16.2. The number of likely N-dealkylation sites (N-methyl/N-ethyl adjacent to an activating group) is 1. The Morgan fingerprint density at radius 1 is 0.527 bits per heavy atom. The number of ketones is 1. The van der Waals surface area contributed by atoms with Gasteiger partial charge in [0.2, 0.25) is 88.6 Å². The number of aliphatic imine (C=N–C) groups is 2. The van der Waals surface area contributed by atoms with Gasteiger partial charge in [-0.2, -0.15) is 0 Å². The smallest absolute Gasteiger partial charge is 0.317 e. The number of carboxylic acids is 3. The van der Waals surface area contributed by atoms with E-state index < -0.39 is 237 Å². The number of unbranched alkanes of at least 4 members (excludes halogenated alkanes) is 14. The van der Waals surface area contributed by atoms with Crippen LogP contribution >= 0.6 is 0 Å². The first-order valence-electron chi connectivity index (χ1n) is 51.0. The van der Waals surface area contributed by atoms with Crippen molar-refractivity contribution in [2.24, 2.45) is 21.5 Å². The highest BCUT2D eigenvalue weighted by Gasteiger charge is 2.42. The molecule has 1 aromatic heterocycles. The molecule has 2 fully saturated rings. The molecule has 0 bridgehead atoms. The molecule has 13 atom stereocenters. The number of fused-ring (bicyclic) bond motifs is 1. The molecule has 28 N–H and O–H groups in total. The van der Waals surface area contributed by atoms with Crippen molar-refractivity contribution in [3.8, 4) is 0 Å². The van der Waals surface area contributed by atoms with Gasteiger partial charge < -0.3 is 151 Å². The summed E-state index contributed by atoms with van der Waals surface area (Å²) in [6.07, 6.45) is 20.8. The first kappa shape index (κ1) is 127. The zero-order chi connectivity index (χ0) is 110. The zero-order valence-corrected chi connectivity index (χ0v) is 85.6. The number of carbonyl (C=O) groups excluding carboxylic acids is 16. The van der Waals surface area contributed by atoms with Crippen molar-refractivity contribution in [2.75, 3.05) is 119 Å². The van der Waals surface area contributed by atoms with E-state index in [1.54, 1.807) is 67.0 Å². The van der Waals surface area contributed by atoms with E-state index >= 15 is 0 Å². The fourth-order valence-corrected chi connectivity index (χ4v) is 16.5. The fourth-order valence-electron chi connectivity index (χ4n) is 16.5. The predicted octanol–water partition coefficient (Wildman–Crippen LogP) is -4.63. The molecule has 51 heteroatoms. The Bertz CT molecular complexity index is 4910. The second kappa shape index (κ2) is 72.0. The van der Waals surface area contributed by atoms with E-state index in [0.29, 0.717) is 53.5 Å². The third kappa shape index (κ3) is 49.7. The number of nitrogens with two attached hydrogens (primary N) is 2. The number of hydrogen-bond acceptors (Lipinski definition) is 30. The number of amides is 15. The van der Waals surface area contributed by atoms with Gasteiger partial charge in [-0.15, -0.1) is 0 Å². The number of allylic oxidation sites excluding steroid dienone is 1. The number of Topliss-reactive ketones (excluding diaryl/α,β-unsaturated/α-hetero) is 1. The quantitative estimate of drug-likeness (QED) is 0.0144. The van der Waals surface area contributed by atoms with Crippen LogP contribution in [0, 0.1) is 0 Å². The number of aromatic amines is 1. The first-order chi connectivity index (χ1) is 71.9. The number of H-pyrrole nitrogens is 1. The van der Waals surface area contributed by atoms with Crippen LogP contribution < -0.4 is 91.2 Å². The Morgan fingerprint density at radius 2 is 1.03 bits per heavy atom. The summed E-state index contributed by atoms with van der Waals surface area (Å²) in [7, 11) is 1.37. The average Bonchev–Trinajstić information content (AvgIpc) is 1.66. The van der Waals surface area contributed by atoms with E-state index in [0.717, 1.165) is 49.8 Å². The van der Waals surface area contributed by atoms with Gasteiger partial charge in [0.05, 0.1) is 79.0 Å². The summed E-state index contributed by atoms with van der Waals surface area (Å²) in [6.45, 7) is -2.25. The van der Waals surface area contributed by atoms with E-state index in [9.17, 15) is 117 Å². The number of aromatic nitrogens is 1. The topological polar surface area (TPSA) is 784 Å². The fraction of sp³-hybridized carbons (Fsp3) is 0.626. The summed E-state index contributed by atoms with van der Waals surface area (Å²) in [5.41, 5.74) is 13.6. The molecule has 51 nitrogen and oxygen atoms in total. The summed E-state index contributed by atoms with van der Waals surface area (Å²) in [6, 6.07) is -2.73. The van der Waals surface area contributed by atoms with E-state index in [1.807, 2.05) is 6.07 Å². The van der Waals surface area contributed by atoms with Crippen LogP contribution in [0.1, 0.15) is 198 Å². The van der Waals surface area contributed by atoms with Crippen LogP contribution in [-0.2, 0) is 113 Å². The highest BCUT2D eigenvalue weighted by Crippen LogP contribution is 2.24. The van der Waals surface area contributed by atoms with Gasteiger partial charge in [0.15, 0.2) is 11.7 Å². The molecule has 150 heavy (non-hydrogen) atoms. The van der Waals surface area contributed by atoms with Crippen LogP contribution in [0.3, 0.4) is 0 Å². The minimum atomic E-state index is -1.72. The van der Waals surface area contributed by atoms with E-state index in [1.165, 1.54) is 70.7 Å². The number of rotatable bonds is 65. The average molecular weight is 2120 g/mol. The van der Waals surface area contributed by atoms with Crippen LogP contribution in [0.25, 0.3) is 10.9 Å². The molecule has 4 heterocycles. The first-order valence-corrected chi connectivity index (χ1v) is 51.0. The second-order valence-electron chi connectivity index (χ2n) is 36.6. The number of carbonyl (C=O) groups is 19. The summed E-state index contributed by atoms with van der Waals surface area (Å²) >= 11 is 0. The van der Waals surface area contributed by atoms with E-state index in [-0.39, 0.29) is 142 Å². The van der Waals surface area contributed by atoms with Crippen molar-refractivity contribution in [3.63, 3.8) is 0 Å². The number of carboxylic acid groups (broad SMARTS) is 3. The number of para-hydroxylation sites is 1. The molecular formula is C99H154N22O29. The monoisotopic (exact) mass is 2120 g/mol. The number of likely N-dealkylation sites (tertiary alicyclic amines) is 1. The number of ether oxygens (including phenoxy) is 2. The number of benzene rings is 2. The van der Waals surface area contributed by atoms with Gasteiger partial charge in [0.25, 0.3) is 0 Å². The Balaban J connectivity index is 0.000000528. The Hall–Kier alpha value is -13.6. The predicted molar refractivity (Wildman–Crippen MR) is 545 cm³/mol. The molecule has 0 unspecified atom stereocenters. The van der Waals surface area contributed by atoms with Crippen molar-refractivity contribution in [1.82, 2.24) is 94.5 Å². The van der Waals surface area contributed by atoms with Crippen LogP contribution in [-0.4, -0.2) is 378 Å². The van der Waals surface area contributed by atoms with Crippen LogP contribution in [0.15, 0.2) is 82.6 Å². The molecule has 3 aliphatic heterocycles. The zero-order valence-electron chi connectivity index (χ0n) is 85.6. The highest BCUT2D eigenvalue weighted by molar-refractivity contribution is 6.01. The summed E-state index contributed by atoms with van der Waals surface area (Å²) < 4.78 is 10.9. The lowest BCUT2D eigenvalue weighted by molar-refractivity contribution is -0.143. The number of nitrogens with zero attached hydrogens (tertiary/aromatic N) is 4. The molecule has 0 saturated carbocycles. The lowest BCUT2D eigenvalue weighted by Gasteiger charge is -2.30.